The minimum absolute atomic E-state index is 0.869. The molecule has 0 bridgehead atoms. The second-order valence-corrected chi connectivity index (χ2v) is 13.3. The van der Waals surface area contributed by atoms with Gasteiger partial charge in [-0.3, -0.25) is 0 Å². The fourth-order valence-electron chi connectivity index (χ4n) is 8.27. The highest BCUT2D eigenvalue weighted by molar-refractivity contribution is 6.24. The Kier molecular flexibility index (Phi) is 5.96. The second-order valence-electron chi connectivity index (χ2n) is 13.3. The van der Waals surface area contributed by atoms with E-state index in [0.717, 1.165) is 50.2 Å². The highest BCUT2D eigenvalue weighted by Crippen LogP contribution is 2.46. The average molecular weight is 651 g/mol. The molecule has 2 heterocycles. The molecule has 238 valence electrons. The Bertz CT molecular complexity index is 3130. The SMILES string of the molecule is c1ccc(-n2c3ccccc3c3ccc(N(c4ccc5c(c4)oc4ccccc45)c4cc5ccccc5c5c4ccc4ccccc45)cc32)cc1. The Morgan fingerprint density at radius 1 is 0.373 bits per heavy atom. The van der Waals surface area contributed by atoms with E-state index in [9.17, 15) is 0 Å². The van der Waals surface area contributed by atoms with Gasteiger partial charge >= 0.3 is 0 Å². The molecular weight excluding hydrogens is 621 g/mol. The van der Waals surface area contributed by atoms with E-state index in [1.165, 1.54) is 48.6 Å². The zero-order valence-electron chi connectivity index (χ0n) is 27.6. The number of hydrogen-bond donors (Lipinski definition) is 0. The smallest absolute Gasteiger partial charge is 0.137 e. The molecule has 2 aromatic heterocycles. The lowest BCUT2D eigenvalue weighted by molar-refractivity contribution is 0.669. The summed E-state index contributed by atoms with van der Waals surface area (Å²) in [5.41, 5.74) is 8.47. The summed E-state index contributed by atoms with van der Waals surface area (Å²) in [5, 5.41) is 12.1. The first-order valence-corrected chi connectivity index (χ1v) is 17.4. The summed E-state index contributed by atoms with van der Waals surface area (Å²) in [6.45, 7) is 0. The lowest BCUT2D eigenvalue weighted by Gasteiger charge is -2.28. The van der Waals surface area contributed by atoms with Crippen molar-refractivity contribution in [2.24, 2.45) is 0 Å². The molecule has 0 aliphatic carbocycles. The minimum atomic E-state index is 0.869. The number of fused-ring (bicyclic) bond motifs is 11. The molecule has 9 aromatic carbocycles. The van der Waals surface area contributed by atoms with Crippen LogP contribution in [0.1, 0.15) is 0 Å². The summed E-state index contributed by atoms with van der Waals surface area (Å²) in [7, 11) is 0. The van der Waals surface area contributed by atoms with Gasteiger partial charge in [0, 0.05) is 50.1 Å². The van der Waals surface area contributed by atoms with Crippen LogP contribution in [0, 0.1) is 0 Å². The van der Waals surface area contributed by atoms with E-state index in [1.54, 1.807) is 0 Å². The Morgan fingerprint density at radius 2 is 0.961 bits per heavy atom. The fourth-order valence-corrected chi connectivity index (χ4v) is 8.27. The molecule has 0 N–H and O–H groups in total. The van der Waals surface area contributed by atoms with Crippen LogP contribution in [-0.2, 0) is 0 Å². The topological polar surface area (TPSA) is 21.3 Å². The molecule has 0 aliphatic rings. The molecule has 3 nitrogen and oxygen atoms in total. The Labute approximate surface area is 293 Å². The van der Waals surface area contributed by atoms with Crippen molar-refractivity contribution < 1.29 is 4.42 Å². The Morgan fingerprint density at radius 3 is 1.80 bits per heavy atom. The largest absolute Gasteiger partial charge is 0.456 e. The molecule has 0 saturated carbocycles. The maximum Gasteiger partial charge on any atom is 0.137 e. The van der Waals surface area contributed by atoms with Crippen LogP contribution in [0.2, 0.25) is 0 Å². The Balaban J connectivity index is 1.26. The second kappa shape index (κ2) is 10.8. The average Bonchev–Trinajstić information content (AvgIpc) is 3.73. The third kappa shape index (κ3) is 4.19. The molecule has 0 amide bonds. The van der Waals surface area contributed by atoms with Crippen molar-refractivity contribution in [3.05, 3.63) is 182 Å². The lowest BCUT2D eigenvalue weighted by Crippen LogP contribution is -2.11. The fraction of sp³-hybridized carbons (Fsp3) is 0. The Hall–Kier alpha value is -6.84. The molecule has 0 fully saturated rings. The van der Waals surface area contributed by atoms with Gasteiger partial charge in [-0.25, -0.2) is 0 Å². The maximum absolute atomic E-state index is 6.49. The van der Waals surface area contributed by atoms with Crippen molar-refractivity contribution in [3.8, 4) is 5.69 Å². The summed E-state index contributed by atoms with van der Waals surface area (Å²) in [4.78, 5) is 2.42. The first kappa shape index (κ1) is 28.0. The first-order chi connectivity index (χ1) is 25.3. The number of hydrogen-bond acceptors (Lipinski definition) is 2. The van der Waals surface area contributed by atoms with Crippen molar-refractivity contribution >= 4 is 93.1 Å². The van der Waals surface area contributed by atoms with Crippen LogP contribution in [0.5, 0.6) is 0 Å². The van der Waals surface area contributed by atoms with Crippen molar-refractivity contribution in [2.75, 3.05) is 4.90 Å². The zero-order chi connectivity index (χ0) is 33.5. The van der Waals surface area contributed by atoms with Gasteiger partial charge in [0.25, 0.3) is 0 Å². The van der Waals surface area contributed by atoms with Gasteiger partial charge in [0.1, 0.15) is 11.2 Å². The summed E-state index contributed by atoms with van der Waals surface area (Å²) in [5.74, 6) is 0. The van der Waals surface area contributed by atoms with E-state index in [1.807, 2.05) is 12.1 Å². The van der Waals surface area contributed by atoms with Gasteiger partial charge in [-0.05, 0) is 81.5 Å². The van der Waals surface area contributed by atoms with Crippen LogP contribution in [0.15, 0.2) is 186 Å². The van der Waals surface area contributed by atoms with Crippen LogP contribution in [0.3, 0.4) is 0 Å². The number of anilines is 3. The molecular formula is C48H30N2O. The number of aromatic nitrogens is 1. The number of furan rings is 1. The van der Waals surface area contributed by atoms with Crippen molar-refractivity contribution in [1.29, 1.82) is 0 Å². The van der Waals surface area contributed by atoms with E-state index >= 15 is 0 Å². The predicted molar refractivity (Wildman–Crippen MR) is 215 cm³/mol. The molecule has 0 radical (unpaired) electrons. The highest BCUT2D eigenvalue weighted by atomic mass is 16.3. The van der Waals surface area contributed by atoms with Gasteiger partial charge in [-0.1, -0.05) is 121 Å². The number of para-hydroxylation sites is 3. The maximum atomic E-state index is 6.49. The van der Waals surface area contributed by atoms with Crippen LogP contribution >= 0.6 is 0 Å². The van der Waals surface area contributed by atoms with Crippen molar-refractivity contribution in [1.82, 2.24) is 4.57 Å². The third-order valence-electron chi connectivity index (χ3n) is 10.5. The standard InChI is InChI=1S/C48H30N2O/c1-2-14-33(15-3-1)50-43-20-10-8-18-38(43)39-26-23-34(29-45(39)50)49(35-24-27-41-40-19-9-11-21-46(40)51-47(41)30-35)44-28-32-13-5-7-17-37(32)48-36-16-6-4-12-31(36)22-25-42(44)48/h1-30H. The molecule has 0 unspecified atom stereocenters. The lowest BCUT2D eigenvalue weighted by atomic mass is 9.94. The van der Waals surface area contributed by atoms with Gasteiger partial charge in [0.15, 0.2) is 0 Å². The van der Waals surface area contributed by atoms with E-state index in [-0.39, 0.29) is 0 Å². The number of rotatable bonds is 4. The van der Waals surface area contributed by atoms with Gasteiger partial charge in [0.05, 0.1) is 16.7 Å². The normalized spacial score (nSPS) is 11.9. The van der Waals surface area contributed by atoms with E-state index < -0.39 is 0 Å². The molecule has 51 heavy (non-hydrogen) atoms. The molecule has 0 saturated heterocycles. The molecule has 0 aliphatic heterocycles. The van der Waals surface area contributed by atoms with E-state index in [4.69, 9.17) is 4.42 Å². The van der Waals surface area contributed by atoms with Crippen molar-refractivity contribution in [3.63, 3.8) is 0 Å². The van der Waals surface area contributed by atoms with Gasteiger partial charge in [0.2, 0.25) is 0 Å². The van der Waals surface area contributed by atoms with Gasteiger partial charge in [-0.2, -0.15) is 0 Å². The van der Waals surface area contributed by atoms with Crippen LogP contribution < -0.4 is 4.90 Å². The van der Waals surface area contributed by atoms with Crippen molar-refractivity contribution in [2.45, 2.75) is 0 Å². The first-order valence-electron chi connectivity index (χ1n) is 17.4. The highest BCUT2D eigenvalue weighted by Gasteiger charge is 2.22. The predicted octanol–water partition coefficient (Wildman–Crippen LogP) is 13.6. The minimum Gasteiger partial charge on any atom is -0.456 e. The molecule has 11 aromatic rings. The monoisotopic (exact) mass is 650 g/mol. The summed E-state index contributed by atoms with van der Waals surface area (Å²) in [6, 6.07) is 65.6. The van der Waals surface area contributed by atoms with E-state index in [2.05, 4.69) is 179 Å². The summed E-state index contributed by atoms with van der Waals surface area (Å²) in [6.07, 6.45) is 0. The number of benzene rings is 9. The van der Waals surface area contributed by atoms with Crippen LogP contribution in [0.25, 0.3) is 81.7 Å². The zero-order valence-corrected chi connectivity index (χ0v) is 27.6. The van der Waals surface area contributed by atoms with Gasteiger partial charge in [-0.15, -0.1) is 0 Å². The van der Waals surface area contributed by atoms with E-state index in [0.29, 0.717) is 0 Å². The summed E-state index contributed by atoms with van der Waals surface area (Å²) >= 11 is 0. The van der Waals surface area contributed by atoms with Gasteiger partial charge < -0.3 is 13.9 Å². The molecule has 11 rings (SSSR count). The van der Waals surface area contributed by atoms with Crippen LogP contribution in [-0.4, -0.2) is 4.57 Å². The molecule has 0 atom stereocenters. The quantitative estimate of drug-likeness (QED) is 0.177. The molecule has 0 spiro atoms. The summed E-state index contributed by atoms with van der Waals surface area (Å²) < 4.78 is 8.88. The number of nitrogens with zero attached hydrogens (tertiary/aromatic N) is 2. The van der Waals surface area contributed by atoms with Crippen LogP contribution in [0.4, 0.5) is 17.1 Å². The third-order valence-corrected chi connectivity index (χ3v) is 10.5. The molecule has 3 heteroatoms.